The van der Waals surface area contributed by atoms with Crippen LogP contribution >= 0.6 is 0 Å². The summed E-state index contributed by atoms with van der Waals surface area (Å²) >= 11 is 0. The average Bonchev–Trinajstić information content (AvgIpc) is 2.72. The molecule has 92 valence electrons. The fourth-order valence-corrected chi connectivity index (χ4v) is 1.80. The van der Waals surface area contributed by atoms with E-state index in [4.69, 9.17) is 14.9 Å². The van der Waals surface area contributed by atoms with Crippen LogP contribution in [-0.4, -0.2) is 42.2 Å². The lowest BCUT2D eigenvalue weighted by Gasteiger charge is -2.13. The zero-order valence-electron chi connectivity index (χ0n) is 9.37. The third-order valence-corrected chi connectivity index (χ3v) is 2.73. The molecule has 1 aliphatic rings. The van der Waals surface area contributed by atoms with Gasteiger partial charge in [-0.05, 0) is 24.1 Å². The Bertz CT molecular complexity index is 390. The zero-order valence-corrected chi connectivity index (χ0v) is 9.37. The topological polar surface area (TPSA) is 70.0 Å². The minimum Gasteiger partial charge on any atom is -0.441 e. The summed E-state index contributed by atoms with van der Waals surface area (Å²) in [6.07, 6.45) is -0.275. The van der Waals surface area contributed by atoms with Crippen LogP contribution in [0.25, 0.3) is 0 Å². The molecule has 0 aromatic heterocycles. The van der Waals surface area contributed by atoms with Crippen LogP contribution in [0.4, 0.5) is 10.5 Å². The Labute approximate surface area is 99.2 Å². The molecule has 5 heteroatoms. The molecule has 1 fully saturated rings. The first kappa shape index (κ1) is 11.9. The number of aliphatic hydroxyl groups excluding tert-OH is 2. The highest BCUT2D eigenvalue weighted by Gasteiger charge is 2.31. The number of nitrogens with zero attached hydrogens (tertiary/aromatic N) is 1. The molecule has 1 aromatic carbocycles. The Kier molecular flexibility index (Phi) is 3.61. The smallest absolute Gasteiger partial charge is 0.414 e. The molecule has 0 aliphatic carbocycles. The van der Waals surface area contributed by atoms with Gasteiger partial charge in [0, 0.05) is 12.3 Å². The minimum atomic E-state index is -0.445. The van der Waals surface area contributed by atoms with Gasteiger partial charge in [0.25, 0.3) is 0 Å². The predicted molar refractivity (Wildman–Crippen MR) is 61.9 cm³/mol. The molecule has 1 saturated heterocycles. The lowest BCUT2D eigenvalue weighted by atomic mass is 10.1. The van der Waals surface area contributed by atoms with Gasteiger partial charge in [0.2, 0.25) is 0 Å². The molecule has 2 rings (SSSR count). The fraction of sp³-hybridized carbons (Fsp3) is 0.417. The number of rotatable bonds is 4. The number of amides is 1. The molecule has 0 unspecified atom stereocenters. The summed E-state index contributed by atoms with van der Waals surface area (Å²) in [5, 5.41) is 17.7. The third kappa shape index (κ3) is 2.57. The second kappa shape index (κ2) is 5.16. The normalized spacial score (nSPS) is 19.5. The van der Waals surface area contributed by atoms with Gasteiger partial charge in [0.15, 0.2) is 0 Å². The molecule has 1 heterocycles. The zero-order chi connectivity index (χ0) is 12.3. The molecule has 1 amide bonds. The summed E-state index contributed by atoms with van der Waals surface area (Å²) < 4.78 is 4.95. The number of hydrogen-bond donors (Lipinski definition) is 2. The van der Waals surface area contributed by atoms with Crippen LogP contribution in [0.15, 0.2) is 24.3 Å². The van der Waals surface area contributed by atoms with Gasteiger partial charge < -0.3 is 14.9 Å². The predicted octanol–water partition coefficient (Wildman–Crippen LogP) is 0.539. The maximum atomic E-state index is 11.5. The van der Waals surface area contributed by atoms with Crippen molar-refractivity contribution in [2.24, 2.45) is 0 Å². The molecule has 2 N–H and O–H groups in total. The van der Waals surface area contributed by atoms with Crippen LogP contribution in [0.5, 0.6) is 0 Å². The van der Waals surface area contributed by atoms with Crippen LogP contribution in [0, 0.1) is 0 Å². The summed E-state index contributed by atoms with van der Waals surface area (Å²) in [7, 11) is 0. The number of hydrogen-bond acceptors (Lipinski definition) is 4. The Balaban J connectivity index is 2.09. The first-order chi connectivity index (χ1) is 8.24. The van der Waals surface area contributed by atoms with E-state index in [0.717, 1.165) is 11.3 Å². The van der Waals surface area contributed by atoms with Crippen LogP contribution in [0.1, 0.15) is 5.56 Å². The summed E-state index contributed by atoms with van der Waals surface area (Å²) in [4.78, 5) is 13.0. The van der Waals surface area contributed by atoms with Gasteiger partial charge in [-0.1, -0.05) is 12.1 Å². The van der Waals surface area contributed by atoms with Gasteiger partial charge >= 0.3 is 6.09 Å². The van der Waals surface area contributed by atoms with Gasteiger partial charge in [-0.15, -0.1) is 0 Å². The lowest BCUT2D eigenvalue weighted by molar-refractivity contribution is 0.0963. The van der Waals surface area contributed by atoms with Crippen molar-refractivity contribution in [1.82, 2.24) is 0 Å². The van der Waals surface area contributed by atoms with Crippen LogP contribution < -0.4 is 4.90 Å². The number of anilines is 1. The first-order valence-corrected chi connectivity index (χ1v) is 5.53. The van der Waals surface area contributed by atoms with Crippen LogP contribution in [0.2, 0.25) is 0 Å². The Morgan fingerprint density at radius 1 is 1.29 bits per heavy atom. The van der Waals surface area contributed by atoms with Crippen molar-refractivity contribution in [2.75, 3.05) is 24.7 Å². The number of aliphatic hydroxyl groups is 2. The van der Waals surface area contributed by atoms with E-state index in [2.05, 4.69) is 0 Å². The molecule has 0 radical (unpaired) electrons. The molecule has 1 aromatic rings. The fourth-order valence-electron chi connectivity index (χ4n) is 1.80. The van der Waals surface area contributed by atoms with E-state index >= 15 is 0 Å². The number of carbonyl (C=O) groups excluding carboxylic acids is 1. The molecule has 0 spiro atoms. The van der Waals surface area contributed by atoms with Crippen LogP contribution in [0.3, 0.4) is 0 Å². The highest BCUT2D eigenvalue weighted by Crippen LogP contribution is 2.21. The maximum absolute atomic E-state index is 11.5. The second-order valence-electron chi connectivity index (χ2n) is 3.94. The molecule has 17 heavy (non-hydrogen) atoms. The van der Waals surface area contributed by atoms with E-state index in [1.54, 1.807) is 0 Å². The van der Waals surface area contributed by atoms with Crippen molar-refractivity contribution in [3.8, 4) is 0 Å². The van der Waals surface area contributed by atoms with Crippen molar-refractivity contribution in [1.29, 1.82) is 0 Å². The molecule has 0 bridgehead atoms. The first-order valence-electron chi connectivity index (χ1n) is 5.53. The number of cyclic esters (lactones) is 1. The number of carbonyl (C=O) groups is 1. The van der Waals surface area contributed by atoms with Crippen molar-refractivity contribution < 1.29 is 19.7 Å². The van der Waals surface area contributed by atoms with E-state index in [9.17, 15) is 4.79 Å². The van der Waals surface area contributed by atoms with Crippen LogP contribution in [-0.2, 0) is 11.2 Å². The summed E-state index contributed by atoms with van der Waals surface area (Å²) in [5.74, 6) is 0. The average molecular weight is 237 g/mol. The van der Waals surface area contributed by atoms with Gasteiger partial charge in [0.1, 0.15) is 6.10 Å². The highest BCUT2D eigenvalue weighted by molar-refractivity contribution is 5.89. The van der Waals surface area contributed by atoms with Gasteiger partial charge in [0.05, 0.1) is 13.2 Å². The largest absolute Gasteiger partial charge is 0.441 e. The molecule has 1 atom stereocenters. The molecule has 0 saturated carbocycles. The Hall–Kier alpha value is -1.59. The molecular weight excluding hydrogens is 222 g/mol. The number of ether oxygens (including phenoxy) is 1. The second-order valence-corrected chi connectivity index (χ2v) is 3.94. The van der Waals surface area contributed by atoms with Crippen molar-refractivity contribution in [3.63, 3.8) is 0 Å². The molecular formula is C12H15NO4. The van der Waals surface area contributed by atoms with E-state index in [1.807, 2.05) is 24.3 Å². The highest BCUT2D eigenvalue weighted by atomic mass is 16.6. The van der Waals surface area contributed by atoms with Gasteiger partial charge in [-0.3, -0.25) is 4.90 Å². The molecule has 5 nitrogen and oxygen atoms in total. The van der Waals surface area contributed by atoms with E-state index in [-0.39, 0.29) is 13.2 Å². The summed E-state index contributed by atoms with van der Waals surface area (Å²) in [6.45, 7) is 0.317. The monoisotopic (exact) mass is 237 g/mol. The van der Waals surface area contributed by atoms with E-state index < -0.39 is 12.2 Å². The van der Waals surface area contributed by atoms with E-state index in [1.165, 1.54) is 4.90 Å². The third-order valence-electron chi connectivity index (χ3n) is 2.73. The molecule has 1 aliphatic heterocycles. The quantitative estimate of drug-likeness (QED) is 0.801. The Morgan fingerprint density at radius 3 is 2.53 bits per heavy atom. The van der Waals surface area contributed by atoms with Gasteiger partial charge in [-0.2, -0.15) is 0 Å². The number of benzene rings is 1. The van der Waals surface area contributed by atoms with Crippen molar-refractivity contribution in [2.45, 2.75) is 12.5 Å². The maximum Gasteiger partial charge on any atom is 0.414 e. The van der Waals surface area contributed by atoms with Gasteiger partial charge in [-0.25, -0.2) is 4.79 Å². The summed E-state index contributed by atoms with van der Waals surface area (Å²) in [5.41, 5.74) is 1.76. The van der Waals surface area contributed by atoms with Crippen molar-refractivity contribution >= 4 is 11.8 Å². The SMILES string of the molecule is O=C1O[C@@H](CO)CN1c1ccc(CCO)cc1. The van der Waals surface area contributed by atoms with E-state index in [0.29, 0.717) is 13.0 Å². The lowest BCUT2D eigenvalue weighted by Crippen LogP contribution is -2.25. The standard InChI is InChI=1S/C12H15NO4/c14-6-5-9-1-3-10(4-2-9)13-7-11(8-15)17-12(13)16/h1-4,11,14-15H,5-8H2/t11-/m1/s1. The Morgan fingerprint density at radius 2 is 2.00 bits per heavy atom. The van der Waals surface area contributed by atoms with Crippen molar-refractivity contribution in [3.05, 3.63) is 29.8 Å². The minimum absolute atomic E-state index is 0.109. The summed E-state index contributed by atoms with van der Waals surface area (Å²) in [6, 6.07) is 7.36.